The quantitative estimate of drug-likeness (QED) is 0.457. The Morgan fingerprint density at radius 2 is 2.11 bits per heavy atom. The summed E-state index contributed by atoms with van der Waals surface area (Å²) in [6, 6.07) is 11.1. The highest BCUT2D eigenvalue weighted by molar-refractivity contribution is 7.17. The highest BCUT2D eigenvalue weighted by Gasteiger charge is 2.29. The minimum Gasteiger partial charge on any atom is -0.462 e. The second-order valence-electron chi connectivity index (χ2n) is 6.81. The van der Waals surface area contributed by atoms with Crippen molar-refractivity contribution < 1.29 is 14.3 Å². The summed E-state index contributed by atoms with van der Waals surface area (Å²) >= 11 is 1.41. The van der Waals surface area contributed by atoms with Crippen LogP contribution in [0.4, 0.5) is 5.00 Å². The summed E-state index contributed by atoms with van der Waals surface area (Å²) in [5.41, 5.74) is 2.17. The van der Waals surface area contributed by atoms with Crippen LogP contribution in [0.2, 0.25) is 0 Å². The molecule has 2 aromatic rings. The van der Waals surface area contributed by atoms with Gasteiger partial charge >= 0.3 is 5.97 Å². The van der Waals surface area contributed by atoms with E-state index in [1.165, 1.54) is 17.4 Å². The van der Waals surface area contributed by atoms with Gasteiger partial charge in [-0.15, -0.1) is 11.3 Å². The predicted molar refractivity (Wildman–Crippen MR) is 110 cm³/mol. The van der Waals surface area contributed by atoms with Gasteiger partial charge in [0.05, 0.1) is 12.2 Å². The standard InChI is InChI=1S/C22H22N2O3S/c1-3-27-22(26)19-17-10-9-14(2)11-18(17)28-21(19)24-20(25)16(13-23)12-15-7-5-4-6-8-15/h4-8,12,14H,3,9-11H2,1-2H3,(H,24,25)/b16-12-. The lowest BCUT2D eigenvalue weighted by Gasteiger charge is -2.18. The molecule has 0 spiro atoms. The van der Waals surface area contributed by atoms with E-state index in [2.05, 4.69) is 12.2 Å². The minimum atomic E-state index is -0.524. The first-order valence-corrected chi connectivity index (χ1v) is 10.1. The normalized spacial score (nSPS) is 16.0. The van der Waals surface area contributed by atoms with Crippen molar-refractivity contribution in [3.63, 3.8) is 0 Å². The Morgan fingerprint density at radius 1 is 1.36 bits per heavy atom. The van der Waals surface area contributed by atoms with Gasteiger partial charge < -0.3 is 10.1 Å². The van der Waals surface area contributed by atoms with E-state index in [4.69, 9.17) is 4.74 Å². The number of anilines is 1. The number of nitrogens with zero attached hydrogens (tertiary/aromatic N) is 1. The Hall–Kier alpha value is -2.91. The maximum Gasteiger partial charge on any atom is 0.341 e. The van der Waals surface area contributed by atoms with E-state index >= 15 is 0 Å². The molecule has 1 aromatic carbocycles. The van der Waals surface area contributed by atoms with Crippen LogP contribution in [-0.2, 0) is 22.4 Å². The lowest BCUT2D eigenvalue weighted by molar-refractivity contribution is -0.112. The zero-order valence-corrected chi connectivity index (χ0v) is 16.8. The van der Waals surface area contributed by atoms with Crippen LogP contribution in [0.5, 0.6) is 0 Å². The number of thiophene rings is 1. The molecule has 5 nitrogen and oxygen atoms in total. The van der Waals surface area contributed by atoms with Gasteiger partial charge in [0.25, 0.3) is 5.91 Å². The number of amides is 1. The van der Waals surface area contributed by atoms with Crippen molar-refractivity contribution in [1.82, 2.24) is 0 Å². The molecule has 0 aliphatic heterocycles. The van der Waals surface area contributed by atoms with Gasteiger partial charge in [-0.25, -0.2) is 4.79 Å². The van der Waals surface area contributed by atoms with E-state index in [1.54, 1.807) is 6.92 Å². The van der Waals surface area contributed by atoms with Crippen LogP contribution < -0.4 is 5.32 Å². The molecule has 6 heteroatoms. The molecule has 28 heavy (non-hydrogen) atoms. The van der Waals surface area contributed by atoms with Crippen LogP contribution in [0.15, 0.2) is 35.9 Å². The fourth-order valence-electron chi connectivity index (χ4n) is 3.29. The highest BCUT2D eigenvalue weighted by Crippen LogP contribution is 2.40. The molecule has 0 radical (unpaired) electrons. The lowest BCUT2D eigenvalue weighted by atomic mass is 9.88. The number of esters is 1. The SMILES string of the molecule is CCOC(=O)c1c(NC(=O)/C(C#N)=C\c2ccccc2)sc2c1CCC(C)C2. The van der Waals surface area contributed by atoms with Crippen LogP contribution >= 0.6 is 11.3 Å². The number of carbonyl (C=O) groups is 2. The molecule has 144 valence electrons. The second kappa shape index (κ2) is 8.85. The average molecular weight is 394 g/mol. The molecule has 1 atom stereocenters. The van der Waals surface area contributed by atoms with Crippen LogP contribution in [-0.4, -0.2) is 18.5 Å². The maximum absolute atomic E-state index is 12.7. The van der Waals surface area contributed by atoms with Crippen molar-refractivity contribution >= 4 is 34.3 Å². The predicted octanol–water partition coefficient (Wildman–Crippen LogP) is 4.60. The Bertz CT molecular complexity index is 954. The summed E-state index contributed by atoms with van der Waals surface area (Å²) in [4.78, 5) is 26.4. The molecule has 1 aliphatic rings. The first kappa shape index (κ1) is 19.8. The van der Waals surface area contributed by atoms with Crippen LogP contribution in [0.1, 0.15) is 46.6 Å². The second-order valence-corrected chi connectivity index (χ2v) is 7.92. The topological polar surface area (TPSA) is 79.2 Å². The van der Waals surface area contributed by atoms with Crippen molar-refractivity contribution in [2.75, 3.05) is 11.9 Å². The molecule has 1 unspecified atom stereocenters. The molecule has 1 aromatic heterocycles. The van der Waals surface area contributed by atoms with Crippen molar-refractivity contribution in [3.05, 3.63) is 57.5 Å². The molecule has 1 heterocycles. The number of benzene rings is 1. The van der Waals surface area contributed by atoms with E-state index < -0.39 is 11.9 Å². The molecule has 1 aliphatic carbocycles. The molecule has 0 bridgehead atoms. The fraction of sp³-hybridized carbons (Fsp3) is 0.318. The van der Waals surface area contributed by atoms with Gasteiger partial charge in [0, 0.05) is 4.88 Å². The summed E-state index contributed by atoms with van der Waals surface area (Å²) in [6.07, 6.45) is 4.21. The Kier molecular flexibility index (Phi) is 6.27. The van der Waals surface area contributed by atoms with Crippen molar-refractivity contribution in [2.45, 2.75) is 33.1 Å². The molecular weight excluding hydrogens is 372 g/mol. The molecule has 0 saturated carbocycles. The number of nitrogens with one attached hydrogen (secondary N) is 1. The van der Waals surface area contributed by atoms with Gasteiger partial charge in [-0.2, -0.15) is 5.26 Å². The van der Waals surface area contributed by atoms with Gasteiger partial charge in [0.15, 0.2) is 0 Å². The third-order valence-electron chi connectivity index (χ3n) is 4.69. The van der Waals surface area contributed by atoms with E-state index in [1.807, 2.05) is 36.4 Å². The Morgan fingerprint density at radius 3 is 2.79 bits per heavy atom. The number of hydrogen-bond donors (Lipinski definition) is 1. The maximum atomic E-state index is 12.7. The van der Waals surface area contributed by atoms with Gasteiger partial charge in [-0.1, -0.05) is 37.3 Å². The monoisotopic (exact) mass is 394 g/mol. The van der Waals surface area contributed by atoms with Crippen LogP contribution in [0, 0.1) is 17.2 Å². The molecule has 0 fully saturated rings. The molecule has 1 N–H and O–H groups in total. The van der Waals surface area contributed by atoms with Gasteiger partial charge in [0.1, 0.15) is 16.6 Å². The van der Waals surface area contributed by atoms with Gasteiger partial charge in [-0.3, -0.25) is 4.79 Å². The third-order valence-corrected chi connectivity index (χ3v) is 5.86. The molecule has 0 saturated heterocycles. The first-order valence-electron chi connectivity index (χ1n) is 9.33. The molecule has 1 amide bonds. The summed E-state index contributed by atoms with van der Waals surface area (Å²) in [6.45, 7) is 4.21. The number of hydrogen-bond acceptors (Lipinski definition) is 5. The largest absolute Gasteiger partial charge is 0.462 e. The smallest absolute Gasteiger partial charge is 0.341 e. The molecular formula is C22H22N2O3S. The first-order chi connectivity index (χ1) is 13.5. The number of rotatable bonds is 5. The summed E-state index contributed by atoms with van der Waals surface area (Å²) < 4.78 is 5.22. The number of carbonyl (C=O) groups excluding carboxylic acids is 2. The Labute approximate surface area is 168 Å². The zero-order chi connectivity index (χ0) is 20.1. The number of fused-ring (bicyclic) bond motifs is 1. The van der Waals surface area contributed by atoms with Gasteiger partial charge in [-0.05, 0) is 49.3 Å². The van der Waals surface area contributed by atoms with E-state index in [-0.39, 0.29) is 12.2 Å². The van der Waals surface area contributed by atoms with Crippen LogP contribution in [0.25, 0.3) is 6.08 Å². The zero-order valence-electron chi connectivity index (χ0n) is 16.0. The average Bonchev–Trinajstić information content (AvgIpc) is 3.03. The Balaban J connectivity index is 1.92. The van der Waals surface area contributed by atoms with Crippen LogP contribution in [0.3, 0.4) is 0 Å². The van der Waals surface area contributed by atoms with E-state index in [0.29, 0.717) is 16.5 Å². The summed E-state index contributed by atoms with van der Waals surface area (Å²) in [5, 5.41) is 12.7. The minimum absolute atomic E-state index is 0.0132. The lowest BCUT2D eigenvalue weighted by Crippen LogP contribution is -2.17. The van der Waals surface area contributed by atoms with Crippen molar-refractivity contribution in [1.29, 1.82) is 5.26 Å². The highest BCUT2D eigenvalue weighted by atomic mass is 32.1. The number of ether oxygens (including phenoxy) is 1. The summed E-state index contributed by atoms with van der Waals surface area (Å²) in [7, 11) is 0. The van der Waals surface area contributed by atoms with Gasteiger partial charge in [0.2, 0.25) is 0 Å². The number of nitriles is 1. The van der Waals surface area contributed by atoms with E-state index in [0.717, 1.165) is 35.3 Å². The summed E-state index contributed by atoms with van der Waals surface area (Å²) in [5.74, 6) is -0.406. The van der Waals surface area contributed by atoms with Crippen molar-refractivity contribution in [3.8, 4) is 6.07 Å². The third kappa shape index (κ3) is 4.32. The van der Waals surface area contributed by atoms with Crippen molar-refractivity contribution in [2.24, 2.45) is 5.92 Å². The fourth-order valence-corrected chi connectivity index (χ4v) is 4.69. The molecule has 3 rings (SSSR count). The van der Waals surface area contributed by atoms with E-state index in [9.17, 15) is 14.9 Å².